The van der Waals surface area contributed by atoms with Gasteiger partial charge in [-0.3, -0.25) is 14.8 Å². The van der Waals surface area contributed by atoms with Gasteiger partial charge in [0.15, 0.2) is 0 Å². The van der Waals surface area contributed by atoms with Crippen molar-refractivity contribution >= 4 is 5.91 Å². The van der Waals surface area contributed by atoms with Crippen LogP contribution in [-0.2, 0) is 4.79 Å². The lowest BCUT2D eigenvalue weighted by Gasteiger charge is -2.35. The number of H-pyrrole nitrogens is 1. The highest BCUT2D eigenvalue weighted by atomic mass is 16.2. The first-order valence-electron chi connectivity index (χ1n) is 10.0. The molecule has 0 bridgehead atoms. The number of hydrogen-bond acceptors (Lipinski definition) is 3. The molecule has 27 heavy (non-hydrogen) atoms. The molecule has 4 rings (SSSR count). The van der Waals surface area contributed by atoms with Gasteiger partial charge in [0, 0.05) is 36.8 Å². The molecule has 2 aromatic rings. The number of hydrogen-bond donors (Lipinski definition) is 1. The molecule has 2 fully saturated rings. The van der Waals surface area contributed by atoms with Gasteiger partial charge < -0.3 is 4.90 Å². The highest BCUT2D eigenvalue weighted by Crippen LogP contribution is 2.34. The minimum atomic E-state index is 0.0478. The maximum Gasteiger partial charge on any atom is 0.239 e. The molecule has 1 aromatic heterocycles. The summed E-state index contributed by atoms with van der Waals surface area (Å²) in [6, 6.07) is 10.5. The van der Waals surface area contributed by atoms with Gasteiger partial charge in [-0.25, -0.2) is 0 Å². The van der Waals surface area contributed by atoms with Crippen LogP contribution in [0.3, 0.4) is 0 Å². The van der Waals surface area contributed by atoms with Gasteiger partial charge >= 0.3 is 0 Å². The van der Waals surface area contributed by atoms with Gasteiger partial charge in [0.1, 0.15) is 0 Å². The standard InChI is InChI=1S/C22H28N4O/c1-2-12-25-13-6-9-20(25)22(27)26-14-10-18(11-15-26)21-19(16-23-24-21)17-7-4-3-5-8-17/h2-5,7-8,16,18,20H,1,6,9-15H2,(H,23,24)/t20-/m1/s1. The molecule has 142 valence electrons. The van der Waals surface area contributed by atoms with Crippen LogP contribution < -0.4 is 0 Å². The Morgan fingerprint density at radius 1 is 1.19 bits per heavy atom. The summed E-state index contributed by atoms with van der Waals surface area (Å²) in [5.74, 6) is 0.736. The van der Waals surface area contributed by atoms with Gasteiger partial charge in [-0.1, -0.05) is 36.4 Å². The lowest BCUT2D eigenvalue weighted by atomic mass is 9.89. The van der Waals surface area contributed by atoms with E-state index in [-0.39, 0.29) is 6.04 Å². The van der Waals surface area contributed by atoms with Crippen molar-refractivity contribution in [1.82, 2.24) is 20.0 Å². The van der Waals surface area contributed by atoms with Gasteiger partial charge in [-0.15, -0.1) is 6.58 Å². The quantitative estimate of drug-likeness (QED) is 0.827. The second-order valence-electron chi connectivity index (χ2n) is 7.60. The van der Waals surface area contributed by atoms with Crippen LogP contribution in [0.15, 0.2) is 49.2 Å². The van der Waals surface area contributed by atoms with E-state index in [0.717, 1.165) is 51.9 Å². The van der Waals surface area contributed by atoms with Gasteiger partial charge in [0.05, 0.1) is 12.2 Å². The van der Waals surface area contributed by atoms with Gasteiger partial charge in [0.2, 0.25) is 5.91 Å². The molecule has 1 aromatic carbocycles. The third-order valence-electron chi connectivity index (χ3n) is 5.98. The molecule has 0 unspecified atom stereocenters. The van der Waals surface area contributed by atoms with Crippen molar-refractivity contribution in [3.8, 4) is 11.1 Å². The van der Waals surface area contributed by atoms with Crippen LogP contribution in [0.5, 0.6) is 0 Å². The highest BCUT2D eigenvalue weighted by molar-refractivity contribution is 5.82. The molecule has 2 saturated heterocycles. The van der Waals surface area contributed by atoms with Crippen LogP contribution in [0.1, 0.15) is 37.3 Å². The molecule has 5 nitrogen and oxygen atoms in total. The van der Waals surface area contributed by atoms with Crippen molar-refractivity contribution in [2.75, 3.05) is 26.2 Å². The summed E-state index contributed by atoms with van der Waals surface area (Å²) in [6.07, 6.45) is 7.89. The number of carbonyl (C=O) groups is 1. The van der Waals surface area contributed by atoms with Crippen LogP contribution in [0.25, 0.3) is 11.1 Å². The first-order valence-corrected chi connectivity index (χ1v) is 10.0. The average molecular weight is 364 g/mol. The molecule has 0 aliphatic carbocycles. The number of aromatic nitrogens is 2. The Morgan fingerprint density at radius 2 is 1.96 bits per heavy atom. The number of carbonyl (C=O) groups excluding carboxylic acids is 1. The summed E-state index contributed by atoms with van der Waals surface area (Å²) in [4.78, 5) is 17.3. The first kappa shape index (κ1) is 18.0. The van der Waals surface area contributed by atoms with E-state index in [0.29, 0.717) is 11.8 Å². The molecule has 0 spiro atoms. The zero-order valence-corrected chi connectivity index (χ0v) is 15.8. The predicted molar refractivity (Wildman–Crippen MR) is 107 cm³/mol. The summed E-state index contributed by atoms with van der Waals surface area (Å²) in [7, 11) is 0. The number of nitrogens with zero attached hydrogens (tertiary/aromatic N) is 3. The van der Waals surface area contributed by atoms with E-state index < -0.39 is 0 Å². The lowest BCUT2D eigenvalue weighted by molar-refractivity contribution is -0.136. The Hall–Kier alpha value is -2.40. The number of aromatic amines is 1. The van der Waals surface area contributed by atoms with E-state index in [1.807, 2.05) is 18.3 Å². The van der Waals surface area contributed by atoms with Crippen molar-refractivity contribution in [3.05, 3.63) is 54.9 Å². The van der Waals surface area contributed by atoms with Crippen LogP contribution in [-0.4, -0.2) is 58.1 Å². The van der Waals surface area contributed by atoms with Crippen LogP contribution in [0.4, 0.5) is 0 Å². The summed E-state index contributed by atoms with van der Waals surface area (Å²) >= 11 is 0. The van der Waals surface area contributed by atoms with Crippen LogP contribution in [0.2, 0.25) is 0 Å². The second kappa shape index (κ2) is 8.09. The van der Waals surface area contributed by atoms with E-state index in [9.17, 15) is 4.79 Å². The molecular weight excluding hydrogens is 336 g/mol. The summed E-state index contributed by atoms with van der Waals surface area (Å²) in [6.45, 7) is 7.30. The van der Waals surface area contributed by atoms with Crippen molar-refractivity contribution in [3.63, 3.8) is 0 Å². The number of benzene rings is 1. The number of likely N-dealkylation sites (tertiary alicyclic amines) is 2. The molecule has 1 N–H and O–H groups in total. The Labute approximate surface area is 161 Å². The first-order chi connectivity index (χ1) is 13.3. The molecule has 2 aliphatic rings. The number of amides is 1. The van der Waals surface area contributed by atoms with Gasteiger partial charge in [-0.2, -0.15) is 5.10 Å². The third kappa shape index (κ3) is 3.69. The van der Waals surface area contributed by atoms with E-state index in [4.69, 9.17) is 0 Å². The molecule has 0 saturated carbocycles. The van der Waals surface area contributed by atoms with Crippen molar-refractivity contribution in [2.24, 2.45) is 0 Å². The molecule has 5 heteroatoms. The molecule has 1 atom stereocenters. The molecule has 2 aliphatic heterocycles. The maximum absolute atomic E-state index is 13.0. The lowest BCUT2D eigenvalue weighted by Crippen LogP contribution is -2.48. The second-order valence-corrected chi connectivity index (χ2v) is 7.60. The zero-order valence-electron chi connectivity index (χ0n) is 15.8. The summed E-state index contributed by atoms with van der Waals surface area (Å²) in [5.41, 5.74) is 3.60. The molecule has 1 amide bonds. The Bertz CT molecular complexity index is 777. The fourth-order valence-electron chi connectivity index (χ4n) is 4.54. The fraction of sp³-hybridized carbons (Fsp3) is 0.455. The van der Waals surface area contributed by atoms with E-state index >= 15 is 0 Å². The van der Waals surface area contributed by atoms with Crippen molar-refractivity contribution in [2.45, 2.75) is 37.6 Å². The molecule has 3 heterocycles. The number of nitrogens with one attached hydrogen (secondary N) is 1. The summed E-state index contributed by atoms with van der Waals surface area (Å²) < 4.78 is 0. The van der Waals surface area contributed by atoms with Gasteiger partial charge in [0.25, 0.3) is 0 Å². The van der Waals surface area contributed by atoms with E-state index in [1.165, 1.54) is 16.8 Å². The van der Waals surface area contributed by atoms with Crippen molar-refractivity contribution < 1.29 is 4.79 Å². The largest absolute Gasteiger partial charge is 0.341 e. The average Bonchev–Trinajstić information content (AvgIpc) is 3.38. The van der Waals surface area contributed by atoms with Crippen LogP contribution in [0, 0.1) is 0 Å². The normalized spacial score (nSPS) is 21.5. The summed E-state index contributed by atoms with van der Waals surface area (Å²) in [5, 5.41) is 7.52. The third-order valence-corrected chi connectivity index (χ3v) is 5.98. The Morgan fingerprint density at radius 3 is 2.70 bits per heavy atom. The zero-order chi connectivity index (χ0) is 18.6. The Kier molecular flexibility index (Phi) is 5.39. The van der Waals surface area contributed by atoms with E-state index in [2.05, 4.69) is 50.8 Å². The smallest absolute Gasteiger partial charge is 0.239 e. The topological polar surface area (TPSA) is 52.2 Å². The Balaban J connectivity index is 1.41. The monoisotopic (exact) mass is 364 g/mol. The SMILES string of the molecule is C=CCN1CCC[C@@H]1C(=O)N1CCC(c2[nH]ncc2-c2ccccc2)CC1. The highest BCUT2D eigenvalue weighted by Gasteiger charge is 2.35. The number of piperidine rings is 1. The molecule has 0 radical (unpaired) electrons. The maximum atomic E-state index is 13.0. The molecular formula is C22H28N4O. The number of rotatable bonds is 5. The fourth-order valence-corrected chi connectivity index (χ4v) is 4.54. The van der Waals surface area contributed by atoms with Crippen molar-refractivity contribution in [1.29, 1.82) is 0 Å². The minimum absolute atomic E-state index is 0.0478. The van der Waals surface area contributed by atoms with Gasteiger partial charge in [-0.05, 0) is 37.8 Å². The minimum Gasteiger partial charge on any atom is -0.341 e. The van der Waals surface area contributed by atoms with Crippen LogP contribution >= 0.6 is 0 Å². The predicted octanol–water partition coefficient (Wildman–Crippen LogP) is 3.43. The van der Waals surface area contributed by atoms with E-state index in [1.54, 1.807) is 0 Å².